The SMILES string of the molecule is CSC(C)(C)C(NC(=O)C1(F)CC1)C(=O)C1CCCC1C(=O)NCc1ccc(-c2scnc2C)cc1. The number of carbonyl (C=O) groups excluding carboxylic acids is 3. The molecule has 0 spiro atoms. The van der Waals surface area contributed by atoms with Gasteiger partial charge >= 0.3 is 0 Å². The zero-order valence-electron chi connectivity index (χ0n) is 21.2. The average molecular weight is 532 g/mol. The Kier molecular flexibility index (Phi) is 7.90. The number of Topliss-reactive ketones (excluding diaryl/α,β-unsaturated/α-hetero) is 1. The van der Waals surface area contributed by atoms with Crippen LogP contribution in [0.1, 0.15) is 57.2 Å². The lowest BCUT2D eigenvalue weighted by Gasteiger charge is -2.35. The summed E-state index contributed by atoms with van der Waals surface area (Å²) < 4.78 is 13.8. The van der Waals surface area contributed by atoms with Gasteiger partial charge in [-0.3, -0.25) is 14.4 Å². The lowest BCUT2D eigenvalue weighted by Crippen LogP contribution is -2.57. The molecule has 3 atom stereocenters. The molecule has 3 unspecified atom stereocenters. The van der Waals surface area contributed by atoms with E-state index in [0.717, 1.165) is 28.1 Å². The fourth-order valence-corrected chi connectivity index (χ4v) is 6.03. The van der Waals surface area contributed by atoms with Gasteiger partial charge in [0.05, 0.1) is 16.1 Å². The summed E-state index contributed by atoms with van der Waals surface area (Å²) in [4.78, 5) is 44.7. The largest absolute Gasteiger partial charge is 0.352 e. The van der Waals surface area contributed by atoms with Crippen molar-refractivity contribution in [2.45, 2.75) is 75.9 Å². The number of aryl methyl sites for hydroxylation is 1. The Hall–Kier alpha value is -2.26. The van der Waals surface area contributed by atoms with E-state index in [9.17, 15) is 18.8 Å². The summed E-state index contributed by atoms with van der Waals surface area (Å²) in [5, 5.41) is 5.71. The highest BCUT2D eigenvalue weighted by Gasteiger charge is 2.53. The van der Waals surface area contributed by atoms with Crippen LogP contribution in [0, 0.1) is 18.8 Å². The van der Waals surface area contributed by atoms with Crippen LogP contribution >= 0.6 is 23.1 Å². The van der Waals surface area contributed by atoms with E-state index in [1.54, 1.807) is 11.3 Å². The minimum absolute atomic E-state index is 0.149. The quantitative estimate of drug-likeness (QED) is 0.458. The Morgan fingerprint density at radius 2 is 1.86 bits per heavy atom. The van der Waals surface area contributed by atoms with E-state index < -0.39 is 34.2 Å². The summed E-state index contributed by atoms with van der Waals surface area (Å²) in [6, 6.07) is 7.18. The van der Waals surface area contributed by atoms with E-state index in [2.05, 4.69) is 15.6 Å². The van der Waals surface area contributed by atoms with Crippen LogP contribution in [-0.2, 0) is 20.9 Å². The molecule has 1 aromatic heterocycles. The van der Waals surface area contributed by atoms with Crippen molar-refractivity contribution in [3.63, 3.8) is 0 Å². The Labute approximate surface area is 220 Å². The maximum Gasteiger partial charge on any atom is 0.258 e. The molecule has 1 aromatic carbocycles. The van der Waals surface area contributed by atoms with Gasteiger partial charge in [0.25, 0.3) is 5.91 Å². The Morgan fingerprint density at radius 3 is 2.44 bits per heavy atom. The number of nitrogens with one attached hydrogen (secondary N) is 2. The molecule has 4 rings (SSSR count). The molecule has 1 heterocycles. The third-order valence-corrected chi connectivity index (χ3v) is 9.79. The van der Waals surface area contributed by atoms with Crippen molar-refractivity contribution in [1.29, 1.82) is 0 Å². The van der Waals surface area contributed by atoms with Crippen LogP contribution < -0.4 is 10.6 Å². The number of benzene rings is 1. The van der Waals surface area contributed by atoms with Crippen LogP contribution in [0.2, 0.25) is 0 Å². The molecule has 2 aliphatic rings. The zero-order valence-corrected chi connectivity index (χ0v) is 22.9. The summed E-state index contributed by atoms with van der Waals surface area (Å²) in [7, 11) is 0. The van der Waals surface area contributed by atoms with E-state index in [0.29, 0.717) is 19.4 Å². The number of amides is 2. The highest BCUT2D eigenvalue weighted by atomic mass is 32.2. The first-order valence-electron chi connectivity index (χ1n) is 12.4. The van der Waals surface area contributed by atoms with Gasteiger partial charge in [-0.05, 0) is 63.8 Å². The second kappa shape index (κ2) is 10.6. The molecule has 9 heteroatoms. The fraction of sp³-hybridized carbons (Fsp3) is 0.556. The Morgan fingerprint density at radius 1 is 1.19 bits per heavy atom. The van der Waals surface area contributed by atoms with Gasteiger partial charge in [-0.1, -0.05) is 30.7 Å². The van der Waals surface area contributed by atoms with Crippen LogP contribution in [0.5, 0.6) is 0 Å². The van der Waals surface area contributed by atoms with Gasteiger partial charge in [0, 0.05) is 23.1 Å². The summed E-state index contributed by atoms with van der Waals surface area (Å²) >= 11 is 3.05. The Balaban J connectivity index is 1.40. The number of thiazole rings is 1. The maximum atomic E-state index is 14.4. The number of carbonyl (C=O) groups is 3. The first kappa shape index (κ1) is 26.8. The van der Waals surface area contributed by atoms with Gasteiger partial charge in [0.2, 0.25) is 5.91 Å². The summed E-state index contributed by atoms with van der Waals surface area (Å²) in [5.74, 6) is -1.97. The zero-order chi connectivity index (χ0) is 26.1. The van der Waals surface area contributed by atoms with Crippen molar-refractivity contribution in [2.24, 2.45) is 11.8 Å². The number of ketones is 1. The number of nitrogens with zero attached hydrogens (tertiary/aromatic N) is 1. The summed E-state index contributed by atoms with van der Waals surface area (Å²) in [5.41, 5.74) is 3.04. The molecule has 2 N–H and O–H groups in total. The third kappa shape index (κ3) is 5.67. The molecule has 0 radical (unpaired) electrons. The van der Waals surface area contributed by atoms with Crippen molar-refractivity contribution < 1.29 is 18.8 Å². The van der Waals surface area contributed by atoms with Gasteiger partial charge in [0.1, 0.15) is 6.04 Å². The number of aromatic nitrogens is 1. The average Bonchev–Trinajstić information content (AvgIpc) is 3.23. The lowest BCUT2D eigenvalue weighted by molar-refractivity contribution is -0.137. The molecular formula is C27H34FN3O3S2. The monoisotopic (exact) mass is 531 g/mol. The Bertz CT molecular complexity index is 1130. The number of hydrogen-bond donors (Lipinski definition) is 2. The minimum atomic E-state index is -1.85. The van der Waals surface area contributed by atoms with Gasteiger partial charge in [0.15, 0.2) is 11.5 Å². The topological polar surface area (TPSA) is 88.2 Å². The highest BCUT2D eigenvalue weighted by Crippen LogP contribution is 2.41. The predicted octanol–water partition coefficient (Wildman–Crippen LogP) is 4.85. The fourth-order valence-electron chi connectivity index (χ4n) is 4.80. The van der Waals surface area contributed by atoms with E-state index in [1.165, 1.54) is 11.8 Å². The lowest BCUT2D eigenvalue weighted by atomic mass is 9.83. The van der Waals surface area contributed by atoms with Gasteiger partial charge < -0.3 is 10.6 Å². The van der Waals surface area contributed by atoms with Crippen molar-refractivity contribution in [2.75, 3.05) is 6.26 Å². The number of thioether (sulfide) groups is 1. The molecule has 2 aromatic rings. The standard InChI is InChI=1S/C27H34FN3O3S2/c1-16-22(36-15-30-16)18-10-8-17(9-11-18)14-29-24(33)20-7-5-6-19(20)21(32)23(26(2,3)35-4)31-25(34)27(28)12-13-27/h8-11,15,19-20,23H,5-7,12-14H2,1-4H3,(H,29,33)(H,31,34). The van der Waals surface area contributed by atoms with Crippen molar-refractivity contribution >= 4 is 40.7 Å². The first-order chi connectivity index (χ1) is 17.1. The van der Waals surface area contributed by atoms with Gasteiger partial charge in [-0.25, -0.2) is 9.37 Å². The van der Waals surface area contributed by atoms with Crippen LogP contribution in [0.15, 0.2) is 29.8 Å². The molecule has 36 heavy (non-hydrogen) atoms. The van der Waals surface area contributed by atoms with E-state index in [1.807, 2.05) is 56.8 Å². The molecule has 0 aliphatic heterocycles. The van der Waals surface area contributed by atoms with Crippen LogP contribution in [0.3, 0.4) is 0 Å². The molecule has 2 saturated carbocycles. The van der Waals surface area contributed by atoms with Gasteiger partial charge in [-0.2, -0.15) is 11.8 Å². The number of hydrogen-bond acceptors (Lipinski definition) is 6. The molecule has 2 amide bonds. The van der Waals surface area contributed by atoms with Crippen LogP contribution in [-0.4, -0.2) is 45.3 Å². The van der Waals surface area contributed by atoms with E-state index in [-0.39, 0.29) is 24.5 Å². The van der Waals surface area contributed by atoms with Crippen molar-refractivity contribution in [3.05, 3.63) is 41.0 Å². The minimum Gasteiger partial charge on any atom is -0.352 e. The van der Waals surface area contributed by atoms with Gasteiger partial charge in [-0.15, -0.1) is 11.3 Å². The van der Waals surface area contributed by atoms with Crippen LogP contribution in [0.25, 0.3) is 10.4 Å². The van der Waals surface area contributed by atoms with E-state index >= 15 is 0 Å². The normalized spacial score (nSPS) is 21.6. The van der Waals surface area contributed by atoms with Crippen LogP contribution in [0.4, 0.5) is 4.39 Å². The van der Waals surface area contributed by atoms with Crippen molar-refractivity contribution in [3.8, 4) is 10.4 Å². The second-order valence-corrected chi connectivity index (χ2v) is 12.7. The second-order valence-electron chi connectivity index (χ2n) is 10.4. The molecule has 194 valence electrons. The first-order valence-corrected chi connectivity index (χ1v) is 14.5. The predicted molar refractivity (Wildman–Crippen MR) is 143 cm³/mol. The maximum absolute atomic E-state index is 14.4. The molecule has 2 fully saturated rings. The molecule has 2 aliphatic carbocycles. The summed E-state index contributed by atoms with van der Waals surface area (Å²) in [6.45, 7) is 6.11. The number of alkyl halides is 1. The molecule has 0 saturated heterocycles. The highest BCUT2D eigenvalue weighted by molar-refractivity contribution is 8.00. The van der Waals surface area contributed by atoms with Crippen molar-refractivity contribution in [1.82, 2.24) is 15.6 Å². The molecule has 0 bridgehead atoms. The number of halogens is 1. The third-order valence-electron chi connectivity index (χ3n) is 7.52. The number of rotatable bonds is 10. The molecule has 6 nitrogen and oxygen atoms in total. The smallest absolute Gasteiger partial charge is 0.258 e. The summed E-state index contributed by atoms with van der Waals surface area (Å²) in [6.07, 6.45) is 4.24. The van der Waals surface area contributed by atoms with E-state index in [4.69, 9.17) is 0 Å². The molecular weight excluding hydrogens is 497 g/mol.